The molecular weight excluding hydrogens is 1010 g/mol. The highest BCUT2D eigenvalue weighted by molar-refractivity contribution is 14.1. The predicted octanol–water partition coefficient (Wildman–Crippen LogP) is 6.61. The minimum atomic E-state index is -5.03. The molecule has 2 amide bonds. The summed E-state index contributed by atoms with van der Waals surface area (Å²) in [6, 6.07) is 21.6. The molecule has 0 fully saturated rings. The number of hydrogen-bond acceptors (Lipinski definition) is 12. The van der Waals surface area contributed by atoms with Crippen molar-refractivity contribution in [2.75, 3.05) is 34.4 Å². The number of tetrazole rings is 1. The number of benzene rings is 4. The summed E-state index contributed by atoms with van der Waals surface area (Å²) < 4.78 is 81.7. The van der Waals surface area contributed by atoms with Gasteiger partial charge < -0.3 is 34.2 Å². The summed E-state index contributed by atoms with van der Waals surface area (Å²) in [7, 11) is -5.43. The third-order valence-electron chi connectivity index (χ3n) is 10.4. The van der Waals surface area contributed by atoms with Gasteiger partial charge in [-0.1, -0.05) is 36.4 Å². The summed E-state index contributed by atoms with van der Waals surface area (Å²) in [5.74, 6) is 1.48. The average Bonchev–Trinajstić information content (AvgIpc) is 3.71. The Labute approximate surface area is 398 Å². The van der Waals surface area contributed by atoms with Crippen LogP contribution in [0.4, 0.5) is 9.59 Å². The number of nitrogens with one attached hydrogen (secondary N) is 1. The van der Waals surface area contributed by atoms with Crippen LogP contribution in [0.25, 0.3) is 11.4 Å². The molecule has 0 aliphatic heterocycles. The maximum atomic E-state index is 15.8. The highest BCUT2D eigenvalue weighted by Gasteiger charge is 2.40. The zero-order chi connectivity index (χ0) is 48.8. The smallest absolute Gasteiger partial charge is 0.407 e. The van der Waals surface area contributed by atoms with E-state index in [1.807, 2.05) is 22.6 Å². The lowest BCUT2D eigenvalue weighted by Crippen LogP contribution is -2.58. The van der Waals surface area contributed by atoms with Gasteiger partial charge in [0.05, 0.1) is 39.5 Å². The fourth-order valence-electron chi connectivity index (χ4n) is 6.88. The zero-order valence-corrected chi connectivity index (χ0v) is 41.9. The average molecular weight is 1060 g/mol. The number of halogens is 1. The van der Waals surface area contributed by atoms with E-state index >= 15 is 16.8 Å². The van der Waals surface area contributed by atoms with Crippen LogP contribution in [-0.4, -0.2) is 125 Å². The standard InChI is InChI=1S/C44H55IN8O11S2/c1-43(2,3)51(41(54)55)27-32(28-52(42(56)57)44(4,5)6)48-65(58,59)37-23-22-36(45)38(40-46-49-53(47-40)26-31-14-20-35(64-9)21-15-31)39(37)66(60,61)50(24-29-10-16-33(62-7)17-11-29)25-30-12-18-34(63-8)19-13-30/h10-23,32,48H,24-28H2,1-9H3,(H,54,55)(H,56,57). The van der Waals surface area contributed by atoms with Crippen molar-refractivity contribution in [3.63, 3.8) is 0 Å². The van der Waals surface area contributed by atoms with E-state index in [1.165, 1.54) is 25.1 Å². The van der Waals surface area contributed by atoms with E-state index in [4.69, 9.17) is 14.2 Å². The molecule has 5 rings (SSSR count). The second-order valence-electron chi connectivity index (χ2n) is 17.2. The van der Waals surface area contributed by atoms with E-state index in [0.29, 0.717) is 28.4 Å². The summed E-state index contributed by atoms with van der Waals surface area (Å²) in [6.07, 6.45) is -2.78. The van der Waals surface area contributed by atoms with Gasteiger partial charge in [0.25, 0.3) is 0 Å². The van der Waals surface area contributed by atoms with Crippen LogP contribution in [0, 0.1) is 3.57 Å². The predicted molar refractivity (Wildman–Crippen MR) is 254 cm³/mol. The normalized spacial score (nSPS) is 12.3. The van der Waals surface area contributed by atoms with E-state index in [2.05, 4.69) is 20.1 Å². The topological polar surface area (TPSA) is 236 Å². The Kier molecular flexibility index (Phi) is 16.3. The number of nitrogens with zero attached hydrogens (tertiary/aromatic N) is 7. The largest absolute Gasteiger partial charge is 0.497 e. The zero-order valence-electron chi connectivity index (χ0n) is 38.1. The van der Waals surface area contributed by atoms with Gasteiger partial charge >= 0.3 is 12.2 Å². The Morgan fingerprint density at radius 1 is 0.697 bits per heavy atom. The van der Waals surface area contributed by atoms with Crippen LogP contribution in [0.3, 0.4) is 0 Å². The SMILES string of the molecule is COc1ccc(CN(Cc2ccc(OC)cc2)S(=O)(=O)c2c(S(=O)(=O)NC(CN(C(=O)O)C(C)(C)C)CN(C(=O)O)C(C)(C)C)ccc(I)c2-c2nnn(Cc3ccc(OC)cc3)n2)cc1. The highest BCUT2D eigenvalue weighted by Crippen LogP contribution is 2.38. The number of rotatable bonds is 19. The van der Waals surface area contributed by atoms with Crippen LogP contribution >= 0.6 is 22.6 Å². The van der Waals surface area contributed by atoms with E-state index in [1.54, 1.807) is 121 Å². The summed E-state index contributed by atoms with van der Waals surface area (Å²) in [4.78, 5) is 27.1. The van der Waals surface area contributed by atoms with E-state index < -0.39 is 72.2 Å². The fourth-order valence-corrected chi connectivity index (χ4v) is 11.4. The second-order valence-corrected chi connectivity index (χ2v) is 21.9. The molecular formula is C44H55IN8O11S2. The molecule has 4 aromatic carbocycles. The van der Waals surface area contributed by atoms with Crippen molar-refractivity contribution in [3.8, 4) is 28.6 Å². The van der Waals surface area contributed by atoms with Crippen LogP contribution in [-0.2, 0) is 39.7 Å². The first-order chi connectivity index (χ1) is 30.9. The molecule has 0 saturated carbocycles. The molecule has 0 radical (unpaired) electrons. The van der Waals surface area contributed by atoms with E-state index in [-0.39, 0.29) is 34.6 Å². The molecule has 22 heteroatoms. The number of aromatic nitrogens is 4. The lowest BCUT2D eigenvalue weighted by molar-refractivity contribution is 0.0743. The molecule has 5 aromatic rings. The Morgan fingerprint density at radius 2 is 1.12 bits per heavy atom. The first-order valence-electron chi connectivity index (χ1n) is 20.4. The van der Waals surface area contributed by atoms with Gasteiger partial charge in [-0.3, -0.25) is 0 Å². The lowest BCUT2D eigenvalue weighted by Gasteiger charge is -2.40. The van der Waals surface area contributed by atoms with Crippen molar-refractivity contribution in [1.82, 2.24) is 39.0 Å². The van der Waals surface area contributed by atoms with Gasteiger partial charge in [-0.25, -0.2) is 31.1 Å². The number of amides is 2. The maximum absolute atomic E-state index is 15.8. The minimum Gasteiger partial charge on any atom is -0.497 e. The van der Waals surface area contributed by atoms with Crippen LogP contribution in [0.5, 0.6) is 17.2 Å². The molecule has 0 bridgehead atoms. The van der Waals surface area contributed by atoms with Crippen molar-refractivity contribution >= 4 is 54.8 Å². The Hall–Kier alpha value is -5.56. The second kappa shape index (κ2) is 20.9. The van der Waals surface area contributed by atoms with Gasteiger partial charge in [-0.15, -0.1) is 10.2 Å². The third-order valence-corrected chi connectivity index (χ3v) is 14.8. The molecule has 0 aliphatic carbocycles. The number of carbonyl (C=O) groups is 2. The number of ether oxygens (including phenoxy) is 3. The number of carboxylic acid groups (broad SMARTS) is 2. The van der Waals surface area contributed by atoms with E-state index in [0.717, 1.165) is 25.7 Å². The lowest BCUT2D eigenvalue weighted by atomic mass is 10.0. The van der Waals surface area contributed by atoms with Gasteiger partial charge in [0.2, 0.25) is 25.9 Å². The fraction of sp³-hybridized carbons (Fsp3) is 0.386. The quantitative estimate of drug-likeness (QED) is 0.0738. The van der Waals surface area contributed by atoms with Crippen LogP contribution in [0.2, 0.25) is 0 Å². The molecule has 0 aliphatic rings. The maximum Gasteiger partial charge on any atom is 0.407 e. The molecule has 1 aromatic heterocycles. The third kappa shape index (κ3) is 12.7. The van der Waals surface area contributed by atoms with Crippen LogP contribution in [0.1, 0.15) is 58.2 Å². The van der Waals surface area contributed by atoms with E-state index in [9.17, 15) is 19.8 Å². The molecule has 19 nitrogen and oxygen atoms in total. The van der Waals surface area contributed by atoms with Gasteiger partial charge in [0.15, 0.2) is 0 Å². The van der Waals surface area contributed by atoms with Crippen molar-refractivity contribution in [2.24, 2.45) is 0 Å². The number of hydrogen-bond donors (Lipinski definition) is 3. The molecule has 0 spiro atoms. The summed E-state index contributed by atoms with van der Waals surface area (Å²) in [5, 5.41) is 33.6. The summed E-state index contributed by atoms with van der Waals surface area (Å²) >= 11 is 1.89. The Bertz CT molecular complexity index is 2620. The van der Waals surface area contributed by atoms with Crippen molar-refractivity contribution in [3.05, 3.63) is 105 Å². The Balaban J connectivity index is 1.76. The molecule has 3 N–H and O–H groups in total. The van der Waals surface area contributed by atoms with Crippen LogP contribution < -0.4 is 18.9 Å². The van der Waals surface area contributed by atoms with Gasteiger partial charge in [-0.05, 0) is 135 Å². The first-order valence-corrected chi connectivity index (χ1v) is 24.4. The molecule has 1 heterocycles. The van der Waals surface area contributed by atoms with Gasteiger partial charge in [0, 0.05) is 40.8 Å². The minimum absolute atomic E-state index is 0.111. The summed E-state index contributed by atoms with van der Waals surface area (Å²) in [6.45, 7) is 8.25. The first kappa shape index (κ1) is 51.4. The number of sulfonamides is 2. The van der Waals surface area contributed by atoms with Gasteiger partial charge in [0.1, 0.15) is 27.0 Å². The van der Waals surface area contributed by atoms with Crippen LogP contribution in [0.15, 0.2) is 94.7 Å². The van der Waals surface area contributed by atoms with Crippen molar-refractivity contribution in [2.45, 2.75) is 88.1 Å². The number of methoxy groups -OCH3 is 3. The molecule has 0 unspecified atom stereocenters. The van der Waals surface area contributed by atoms with Crippen molar-refractivity contribution in [1.29, 1.82) is 0 Å². The molecule has 66 heavy (non-hydrogen) atoms. The van der Waals surface area contributed by atoms with Crippen molar-refractivity contribution < 1.29 is 50.8 Å². The summed E-state index contributed by atoms with van der Waals surface area (Å²) in [5.41, 5.74) is -0.466. The Morgan fingerprint density at radius 3 is 1.52 bits per heavy atom. The molecule has 0 saturated heterocycles. The molecule has 356 valence electrons. The monoisotopic (exact) mass is 1060 g/mol. The molecule has 0 atom stereocenters. The highest BCUT2D eigenvalue weighted by atomic mass is 127. The van der Waals surface area contributed by atoms with Gasteiger partial charge in [-0.2, -0.15) is 9.10 Å².